The molecule has 50 heavy (non-hydrogen) atoms. The van der Waals surface area contributed by atoms with Crippen molar-refractivity contribution in [2.75, 3.05) is 33.3 Å². The third kappa shape index (κ3) is 10.6. The molecule has 8 rings (SSSR count). The average Bonchev–Trinajstić information content (AvgIpc) is 4.05. The number of nitrogens with one attached hydrogen (secondary N) is 3. The van der Waals surface area contributed by atoms with E-state index in [0.717, 1.165) is 76.7 Å². The summed E-state index contributed by atoms with van der Waals surface area (Å²) >= 11 is 11.6. The van der Waals surface area contributed by atoms with Crippen molar-refractivity contribution < 1.29 is 9.53 Å². The first kappa shape index (κ1) is 38.4. The number of aliphatic hydroxyl groups is 1. The number of rotatable bonds is 5. The molecule has 2 aliphatic carbocycles. The molecular weight excluding hydrogens is 695 g/mol. The first-order chi connectivity index (χ1) is 23.9. The predicted octanol–water partition coefficient (Wildman–Crippen LogP) is 5.75. The second kappa shape index (κ2) is 16.7. The molecule has 0 spiro atoms. The predicted molar refractivity (Wildman–Crippen MR) is 202 cm³/mol. The number of H-pyrrole nitrogens is 2. The van der Waals surface area contributed by atoms with Crippen molar-refractivity contribution in [3.63, 3.8) is 0 Å². The zero-order valence-corrected chi connectivity index (χ0v) is 32.2. The Labute approximate surface area is 303 Å². The first-order valence-electron chi connectivity index (χ1n) is 17.6. The van der Waals surface area contributed by atoms with E-state index in [0.29, 0.717) is 49.5 Å². The lowest BCUT2D eigenvalue weighted by Crippen LogP contribution is -2.35. The maximum Gasteiger partial charge on any atom is 0.258 e. The fraction of sp³-hybridized carbons (Fsp3) is 0.600. The third-order valence-corrected chi connectivity index (χ3v) is 10.9. The lowest BCUT2D eigenvalue weighted by molar-refractivity contribution is 0.192. The van der Waals surface area contributed by atoms with Gasteiger partial charge in [0.2, 0.25) is 0 Å². The Morgan fingerprint density at radius 1 is 0.800 bits per heavy atom. The molecule has 272 valence electrons. The van der Waals surface area contributed by atoms with Crippen LogP contribution in [-0.4, -0.2) is 93.2 Å². The van der Waals surface area contributed by atoms with E-state index in [9.17, 15) is 9.59 Å². The van der Waals surface area contributed by atoms with Crippen molar-refractivity contribution in [2.24, 2.45) is 0 Å². The molecule has 0 bridgehead atoms. The maximum atomic E-state index is 12.2. The van der Waals surface area contributed by atoms with Crippen LogP contribution in [0.15, 0.2) is 34.1 Å². The van der Waals surface area contributed by atoms with Crippen molar-refractivity contribution in [2.45, 2.75) is 101 Å². The quantitative estimate of drug-likeness (QED) is 0.146. The molecule has 4 aliphatic rings. The molecule has 2 aliphatic heterocycles. The molecule has 4 N–H and O–H groups in total. The van der Waals surface area contributed by atoms with Crippen LogP contribution in [0, 0.1) is 0 Å². The van der Waals surface area contributed by atoms with Crippen LogP contribution < -0.4 is 16.4 Å². The molecule has 0 atom stereocenters. The van der Waals surface area contributed by atoms with E-state index in [2.05, 4.69) is 66.7 Å². The Bertz CT molecular complexity index is 1860. The van der Waals surface area contributed by atoms with Crippen LogP contribution in [0.1, 0.15) is 81.8 Å². The minimum Gasteiger partial charge on any atom is -0.412 e. The van der Waals surface area contributed by atoms with Gasteiger partial charge in [0.25, 0.3) is 11.1 Å². The topological polar surface area (TPSA) is 162 Å². The number of hydrogen-bond acceptors (Lipinski definition) is 10. The highest BCUT2D eigenvalue weighted by Crippen LogP contribution is 2.41. The molecule has 0 unspecified atom stereocenters. The highest BCUT2D eigenvalue weighted by molar-refractivity contribution is 6.69. The number of likely N-dealkylation sites (tertiary alicyclic amines) is 1. The van der Waals surface area contributed by atoms with Gasteiger partial charge in [0.15, 0.2) is 8.32 Å². The summed E-state index contributed by atoms with van der Waals surface area (Å²) in [6.07, 6.45) is 12.5. The summed E-state index contributed by atoms with van der Waals surface area (Å²) in [4.78, 5) is 49.6. The molecule has 4 fully saturated rings. The third-order valence-electron chi connectivity index (χ3n) is 9.37. The van der Waals surface area contributed by atoms with Gasteiger partial charge < -0.3 is 29.7 Å². The van der Waals surface area contributed by atoms with Crippen LogP contribution in [0.25, 0.3) is 21.8 Å². The molecule has 6 heterocycles. The van der Waals surface area contributed by atoms with Crippen molar-refractivity contribution in [3.05, 3.63) is 67.2 Å². The number of aliphatic hydroxyl groups excluding tert-OH is 1. The van der Waals surface area contributed by atoms with E-state index in [4.69, 9.17) is 32.7 Å². The number of aromatic nitrogens is 6. The molecule has 4 aromatic rings. The second-order valence-corrected chi connectivity index (χ2v) is 19.9. The SMILES string of the molecule is CC1(O[Si](C)(C)C)CC1.CO.O=c1[nH]c(C2CCN(C3CC3)CC2)nc2cnc(Cl)cc12.O=c1[nH]c(C2CCNCC2)nc2cnc(Cl)cc12. The van der Waals surface area contributed by atoms with Crippen LogP contribution in [0.4, 0.5) is 0 Å². The van der Waals surface area contributed by atoms with E-state index in [-0.39, 0.29) is 11.1 Å². The van der Waals surface area contributed by atoms with Crippen LogP contribution >= 0.6 is 23.2 Å². The minimum atomic E-state index is -1.23. The van der Waals surface area contributed by atoms with Gasteiger partial charge >= 0.3 is 0 Å². The lowest BCUT2D eigenvalue weighted by atomic mass is 9.95. The van der Waals surface area contributed by atoms with Crippen LogP contribution in [0.2, 0.25) is 29.9 Å². The van der Waals surface area contributed by atoms with Crippen molar-refractivity contribution >= 4 is 53.3 Å². The average molecular weight is 746 g/mol. The van der Waals surface area contributed by atoms with E-state index in [1.807, 2.05) is 0 Å². The molecule has 0 aromatic carbocycles. The second-order valence-electron chi connectivity index (χ2n) is 14.7. The molecule has 0 amide bonds. The lowest BCUT2D eigenvalue weighted by Gasteiger charge is -2.31. The van der Waals surface area contributed by atoms with E-state index >= 15 is 0 Å². The monoisotopic (exact) mass is 744 g/mol. The summed E-state index contributed by atoms with van der Waals surface area (Å²) in [6.45, 7) is 13.1. The summed E-state index contributed by atoms with van der Waals surface area (Å²) in [5, 5.41) is 11.9. The van der Waals surface area contributed by atoms with Crippen molar-refractivity contribution in [1.82, 2.24) is 40.1 Å². The zero-order valence-electron chi connectivity index (χ0n) is 29.7. The standard InChI is InChI=1S/C15H17ClN4O.C12H13ClN4O.C7H16OSi.CH4O/c16-13-7-11-12(8-17-13)18-14(19-15(11)21)9-3-5-20(6-4-9)10-1-2-10;13-10-5-8-9(6-15-10)16-11(17-12(8)18)7-1-3-14-4-2-7;1-7(5-6-7)8-9(2,3)4;1-2/h7-10H,1-6H2,(H,18,19,21);5-7,14H,1-4H2,(H,16,17,18);5-6H2,1-4H3;2H,1H3. The van der Waals surface area contributed by atoms with E-state index < -0.39 is 8.32 Å². The number of hydrogen-bond donors (Lipinski definition) is 4. The number of nitrogens with zero attached hydrogens (tertiary/aromatic N) is 5. The van der Waals surface area contributed by atoms with Gasteiger partial charge in [-0.05, 0) is 116 Å². The van der Waals surface area contributed by atoms with Gasteiger partial charge in [-0.15, -0.1) is 0 Å². The Kier molecular flexibility index (Phi) is 12.8. The highest BCUT2D eigenvalue weighted by Gasteiger charge is 2.41. The summed E-state index contributed by atoms with van der Waals surface area (Å²) in [7, 11) is -0.230. The van der Waals surface area contributed by atoms with Crippen LogP contribution in [0.5, 0.6) is 0 Å². The van der Waals surface area contributed by atoms with Gasteiger partial charge in [-0.3, -0.25) is 9.59 Å². The number of aromatic amines is 2. The van der Waals surface area contributed by atoms with Gasteiger partial charge in [-0.2, -0.15) is 0 Å². The van der Waals surface area contributed by atoms with E-state index in [1.165, 1.54) is 25.7 Å². The smallest absolute Gasteiger partial charge is 0.258 e. The number of halogens is 2. The van der Waals surface area contributed by atoms with Gasteiger partial charge in [-0.1, -0.05) is 23.2 Å². The number of piperidine rings is 2. The Morgan fingerprint density at radius 3 is 1.66 bits per heavy atom. The van der Waals surface area contributed by atoms with Gasteiger partial charge in [0.05, 0.1) is 39.8 Å². The van der Waals surface area contributed by atoms with Crippen LogP contribution in [0.3, 0.4) is 0 Å². The number of fused-ring (bicyclic) bond motifs is 2. The van der Waals surface area contributed by atoms with Gasteiger partial charge in [0, 0.05) is 25.0 Å². The fourth-order valence-corrected chi connectivity index (χ4v) is 8.55. The summed E-state index contributed by atoms with van der Waals surface area (Å²) in [5.41, 5.74) is 1.27. The van der Waals surface area contributed by atoms with Gasteiger partial charge in [-0.25, -0.2) is 19.9 Å². The number of pyridine rings is 2. The summed E-state index contributed by atoms with van der Waals surface area (Å²) in [5.74, 6) is 2.22. The molecule has 4 aromatic heterocycles. The molecule has 12 nitrogen and oxygen atoms in total. The van der Waals surface area contributed by atoms with Gasteiger partial charge in [0.1, 0.15) is 22.0 Å². The summed E-state index contributed by atoms with van der Waals surface area (Å²) in [6, 6.07) is 3.94. The summed E-state index contributed by atoms with van der Waals surface area (Å²) < 4.78 is 5.88. The van der Waals surface area contributed by atoms with Crippen molar-refractivity contribution in [1.29, 1.82) is 0 Å². The van der Waals surface area contributed by atoms with Crippen molar-refractivity contribution in [3.8, 4) is 0 Å². The minimum absolute atomic E-state index is 0.121. The van der Waals surface area contributed by atoms with E-state index in [1.54, 1.807) is 24.5 Å². The molecule has 15 heteroatoms. The molecule has 0 radical (unpaired) electrons. The largest absolute Gasteiger partial charge is 0.412 e. The van der Waals surface area contributed by atoms with Crippen LogP contribution in [-0.2, 0) is 4.43 Å². The fourth-order valence-electron chi connectivity index (χ4n) is 6.55. The molecular formula is C35H50Cl2N8O4Si. The maximum absolute atomic E-state index is 12.2. The first-order valence-corrected chi connectivity index (χ1v) is 21.7. The highest BCUT2D eigenvalue weighted by atomic mass is 35.5. The molecule has 2 saturated carbocycles. The Morgan fingerprint density at radius 2 is 1.26 bits per heavy atom. The normalized spacial score (nSPS) is 19.4. The zero-order chi connectivity index (χ0) is 36.1. The molecule has 2 saturated heterocycles. The Balaban J connectivity index is 0.000000152. The Hall–Kier alpha value is -2.78.